The van der Waals surface area contributed by atoms with Crippen molar-refractivity contribution in [1.29, 1.82) is 0 Å². The molecular weight excluding hydrogens is 332 g/mol. The van der Waals surface area contributed by atoms with Crippen molar-refractivity contribution in [2.45, 2.75) is 58.5 Å². The average Bonchev–Trinajstić information content (AvgIpc) is 2.94. The molecule has 26 heavy (non-hydrogen) atoms. The van der Waals surface area contributed by atoms with Gasteiger partial charge < -0.3 is 19.9 Å². The van der Waals surface area contributed by atoms with Crippen LogP contribution >= 0.6 is 0 Å². The summed E-state index contributed by atoms with van der Waals surface area (Å²) in [7, 11) is 1.33. The van der Waals surface area contributed by atoms with Crippen LogP contribution in [-0.2, 0) is 16.1 Å². The number of aryl methyl sites for hydroxylation is 1. The number of nitrogens with one attached hydrogen (secondary N) is 2. The van der Waals surface area contributed by atoms with E-state index in [0.717, 1.165) is 23.9 Å². The Morgan fingerprint density at radius 2 is 2.04 bits per heavy atom. The van der Waals surface area contributed by atoms with Gasteiger partial charge in [-0.3, -0.25) is 4.79 Å². The second-order valence-corrected chi connectivity index (χ2v) is 6.72. The Morgan fingerprint density at radius 1 is 1.31 bits per heavy atom. The molecule has 0 aliphatic heterocycles. The van der Waals surface area contributed by atoms with E-state index < -0.39 is 5.97 Å². The third-order valence-electron chi connectivity index (χ3n) is 4.87. The lowest BCUT2D eigenvalue weighted by atomic mass is 9.95. The van der Waals surface area contributed by atoms with Crippen molar-refractivity contribution in [3.05, 3.63) is 18.0 Å². The molecule has 1 fully saturated rings. The topological polar surface area (TPSA) is 85.2 Å². The first-order valence-electron chi connectivity index (χ1n) is 9.19. The summed E-state index contributed by atoms with van der Waals surface area (Å²) in [6, 6.07) is 2.40. The predicted octanol–water partition coefficient (Wildman–Crippen LogP) is 3.55. The zero-order valence-corrected chi connectivity index (χ0v) is 15.6. The number of rotatable bonds is 5. The largest absolute Gasteiger partial charge is 0.464 e. The summed E-state index contributed by atoms with van der Waals surface area (Å²) in [5.74, 6) is -0.730. The molecule has 140 valence electrons. The van der Waals surface area contributed by atoms with Crippen LogP contribution in [0.25, 0.3) is 11.0 Å². The molecule has 2 N–H and O–H groups in total. The molecule has 2 heterocycles. The van der Waals surface area contributed by atoms with Crippen molar-refractivity contribution < 1.29 is 14.3 Å². The molecule has 3 rings (SSSR count). The Bertz CT molecular complexity index is 822. The minimum atomic E-state index is -0.490. The van der Waals surface area contributed by atoms with E-state index in [-0.39, 0.29) is 5.91 Å². The Balaban J connectivity index is 2.08. The minimum Gasteiger partial charge on any atom is -0.464 e. The Kier molecular flexibility index (Phi) is 5.44. The number of aromatic nitrogens is 2. The maximum absolute atomic E-state index is 12.3. The number of ether oxygens (including phenoxy) is 1. The quantitative estimate of drug-likeness (QED) is 0.799. The van der Waals surface area contributed by atoms with Crippen LogP contribution in [0.1, 0.15) is 56.4 Å². The van der Waals surface area contributed by atoms with Gasteiger partial charge in [-0.05, 0) is 25.8 Å². The summed E-state index contributed by atoms with van der Waals surface area (Å²) in [6.45, 7) is 3.90. The number of carbonyl (C=O) groups excluding carboxylic acids is 2. The summed E-state index contributed by atoms with van der Waals surface area (Å²) in [4.78, 5) is 28.6. The molecule has 1 aliphatic carbocycles. The SMILES string of the molecule is CCn1c(C(=O)OC)c(NC(C)=O)c2cc(NC3CCCCC3)cnc21. The zero-order valence-electron chi connectivity index (χ0n) is 15.6. The van der Waals surface area contributed by atoms with Crippen LogP contribution in [0.5, 0.6) is 0 Å². The number of methoxy groups -OCH3 is 1. The minimum absolute atomic E-state index is 0.240. The molecule has 1 saturated carbocycles. The number of anilines is 2. The molecule has 0 atom stereocenters. The van der Waals surface area contributed by atoms with E-state index in [2.05, 4.69) is 15.6 Å². The van der Waals surface area contributed by atoms with E-state index >= 15 is 0 Å². The fraction of sp³-hybridized carbons (Fsp3) is 0.526. The average molecular weight is 358 g/mol. The number of esters is 1. The molecular formula is C19H26N4O3. The lowest BCUT2D eigenvalue weighted by Gasteiger charge is -2.23. The number of nitrogens with zero attached hydrogens (tertiary/aromatic N) is 2. The van der Waals surface area contributed by atoms with E-state index in [1.165, 1.54) is 33.3 Å². The summed E-state index contributed by atoms with van der Waals surface area (Å²) in [6.07, 6.45) is 7.87. The van der Waals surface area contributed by atoms with Gasteiger partial charge in [-0.15, -0.1) is 0 Å². The highest BCUT2D eigenvalue weighted by atomic mass is 16.5. The first-order valence-corrected chi connectivity index (χ1v) is 9.19. The number of hydrogen-bond acceptors (Lipinski definition) is 5. The first kappa shape index (κ1) is 18.2. The second kappa shape index (κ2) is 7.76. The molecule has 0 spiro atoms. The highest BCUT2D eigenvalue weighted by molar-refractivity contribution is 6.10. The highest BCUT2D eigenvalue weighted by Gasteiger charge is 2.25. The fourth-order valence-corrected chi connectivity index (χ4v) is 3.71. The van der Waals surface area contributed by atoms with Crippen LogP contribution in [0, 0.1) is 0 Å². The molecule has 0 bridgehead atoms. The normalized spacial score (nSPS) is 15.0. The lowest BCUT2D eigenvalue weighted by molar-refractivity contribution is -0.114. The van der Waals surface area contributed by atoms with E-state index in [1.807, 2.05) is 13.0 Å². The van der Waals surface area contributed by atoms with Gasteiger partial charge in [0.05, 0.1) is 24.7 Å². The van der Waals surface area contributed by atoms with Gasteiger partial charge in [0, 0.05) is 24.9 Å². The molecule has 1 amide bonds. The molecule has 0 saturated heterocycles. The van der Waals surface area contributed by atoms with Gasteiger partial charge in [0.15, 0.2) is 5.69 Å². The number of fused-ring (bicyclic) bond motifs is 1. The number of carbonyl (C=O) groups is 2. The zero-order chi connectivity index (χ0) is 18.7. The number of pyridine rings is 1. The van der Waals surface area contributed by atoms with Crippen LogP contribution in [0.4, 0.5) is 11.4 Å². The standard InChI is InChI=1S/C19H26N4O3/c1-4-23-17(19(25)26-3)16(21-12(2)24)15-10-14(11-20-18(15)23)22-13-8-6-5-7-9-13/h10-11,13,22H,4-9H2,1-3H3,(H,21,24). The first-order chi connectivity index (χ1) is 12.5. The highest BCUT2D eigenvalue weighted by Crippen LogP contribution is 2.33. The van der Waals surface area contributed by atoms with E-state index in [1.54, 1.807) is 10.8 Å². The van der Waals surface area contributed by atoms with Gasteiger partial charge in [-0.1, -0.05) is 19.3 Å². The maximum atomic E-state index is 12.3. The van der Waals surface area contributed by atoms with Gasteiger partial charge in [-0.2, -0.15) is 0 Å². The fourth-order valence-electron chi connectivity index (χ4n) is 3.71. The number of amides is 1. The molecule has 7 nitrogen and oxygen atoms in total. The van der Waals surface area contributed by atoms with Crippen molar-refractivity contribution >= 4 is 34.3 Å². The van der Waals surface area contributed by atoms with Crippen LogP contribution in [0.3, 0.4) is 0 Å². The van der Waals surface area contributed by atoms with Gasteiger partial charge in [0.1, 0.15) is 5.65 Å². The summed E-state index contributed by atoms with van der Waals surface area (Å²) in [5, 5.41) is 7.07. The third kappa shape index (κ3) is 3.52. The molecule has 2 aromatic rings. The molecule has 7 heteroatoms. The van der Waals surface area contributed by atoms with Crippen LogP contribution in [-0.4, -0.2) is 34.6 Å². The molecule has 1 aliphatic rings. The van der Waals surface area contributed by atoms with Gasteiger partial charge >= 0.3 is 5.97 Å². The maximum Gasteiger partial charge on any atom is 0.356 e. The predicted molar refractivity (Wildman–Crippen MR) is 102 cm³/mol. The molecule has 0 aromatic carbocycles. The summed E-state index contributed by atoms with van der Waals surface area (Å²) >= 11 is 0. The van der Waals surface area contributed by atoms with Crippen LogP contribution in [0.2, 0.25) is 0 Å². The van der Waals surface area contributed by atoms with Crippen LogP contribution < -0.4 is 10.6 Å². The monoisotopic (exact) mass is 358 g/mol. The van der Waals surface area contributed by atoms with Crippen molar-refractivity contribution in [3.63, 3.8) is 0 Å². The number of hydrogen-bond donors (Lipinski definition) is 2. The van der Waals surface area contributed by atoms with Crippen molar-refractivity contribution in [1.82, 2.24) is 9.55 Å². The van der Waals surface area contributed by atoms with E-state index in [0.29, 0.717) is 29.6 Å². The second-order valence-electron chi connectivity index (χ2n) is 6.72. The van der Waals surface area contributed by atoms with Gasteiger partial charge in [0.25, 0.3) is 0 Å². The Hall–Kier alpha value is -2.57. The Morgan fingerprint density at radius 3 is 2.65 bits per heavy atom. The van der Waals surface area contributed by atoms with Gasteiger partial charge in [0.2, 0.25) is 5.91 Å². The van der Waals surface area contributed by atoms with E-state index in [4.69, 9.17) is 4.74 Å². The molecule has 0 unspecified atom stereocenters. The summed E-state index contributed by atoms with van der Waals surface area (Å²) < 4.78 is 6.70. The van der Waals surface area contributed by atoms with Gasteiger partial charge in [-0.25, -0.2) is 9.78 Å². The summed E-state index contributed by atoms with van der Waals surface area (Å²) in [5.41, 5.74) is 2.34. The van der Waals surface area contributed by atoms with Crippen LogP contribution in [0.15, 0.2) is 12.3 Å². The molecule has 0 radical (unpaired) electrons. The van der Waals surface area contributed by atoms with E-state index in [9.17, 15) is 9.59 Å². The van der Waals surface area contributed by atoms with Crippen molar-refractivity contribution in [2.24, 2.45) is 0 Å². The third-order valence-corrected chi connectivity index (χ3v) is 4.87. The Labute approximate surface area is 153 Å². The van der Waals surface area contributed by atoms with Crippen molar-refractivity contribution in [2.75, 3.05) is 17.7 Å². The smallest absolute Gasteiger partial charge is 0.356 e. The molecule has 2 aromatic heterocycles. The lowest BCUT2D eigenvalue weighted by Crippen LogP contribution is -2.22. The van der Waals surface area contributed by atoms with Crippen molar-refractivity contribution in [3.8, 4) is 0 Å².